The van der Waals surface area contributed by atoms with Crippen molar-refractivity contribution in [2.45, 2.75) is 61.1 Å². The Kier molecular flexibility index (Phi) is 8.65. The normalized spacial score (nSPS) is 11.6. The van der Waals surface area contributed by atoms with Gasteiger partial charge in [0.05, 0.1) is 13.1 Å². The van der Waals surface area contributed by atoms with Crippen molar-refractivity contribution in [2.24, 2.45) is 11.3 Å². The first-order valence-corrected chi connectivity index (χ1v) is 11.5. The first-order chi connectivity index (χ1) is 14.0. The fraction of sp³-hybridized carbons (Fsp3) is 0.520. The summed E-state index contributed by atoms with van der Waals surface area (Å²) in [4.78, 5) is 32.3. The molecule has 0 bridgehead atoms. The molecule has 0 spiro atoms. The van der Waals surface area contributed by atoms with Gasteiger partial charge in [0.15, 0.2) is 0 Å². The number of amides is 2. The Morgan fingerprint density at radius 3 is 2.13 bits per heavy atom. The van der Waals surface area contributed by atoms with Gasteiger partial charge in [-0.25, -0.2) is 0 Å². The van der Waals surface area contributed by atoms with Gasteiger partial charge in [0.2, 0.25) is 11.8 Å². The second kappa shape index (κ2) is 10.8. The number of nitrogens with zero attached hydrogens (tertiary/aromatic N) is 2. The lowest BCUT2D eigenvalue weighted by molar-refractivity contribution is -0.142. The van der Waals surface area contributed by atoms with Crippen molar-refractivity contribution in [3.63, 3.8) is 0 Å². The fourth-order valence-electron chi connectivity index (χ4n) is 3.32. The lowest BCUT2D eigenvalue weighted by Gasteiger charge is -2.30. The van der Waals surface area contributed by atoms with E-state index in [4.69, 9.17) is 0 Å². The van der Waals surface area contributed by atoms with Crippen molar-refractivity contribution in [1.82, 2.24) is 9.80 Å². The molecule has 0 saturated heterocycles. The van der Waals surface area contributed by atoms with Gasteiger partial charge < -0.3 is 9.80 Å². The zero-order chi connectivity index (χ0) is 22.3. The standard InChI is InChI=1S/C25H36N2O2S/c1-19(2)15-26(23(28)14-25(4,5)6)18-24(29)27(16-21-10-8-7-9-11-21)17-22-13-12-20(3)30-22/h7-13,19H,14-18H2,1-6H3. The molecule has 5 heteroatoms. The Labute approximate surface area is 185 Å². The topological polar surface area (TPSA) is 40.6 Å². The monoisotopic (exact) mass is 428 g/mol. The maximum atomic E-state index is 13.4. The van der Waals surface area contributed by atoms with E-state index in [0.29, 0.717) is 32.0 Å². The quantitative estimate of drug-likeness (QED) is 0.529. The van der Waals surface area contributed by atoms with Crippen LogP contribution in [0.3, 0.4) is 0 Å². The van der Waals surface area contributed by atoms with E-state index < -0.39 is 0 Å². The van der Waals surface area contributed by atoms with Crippen LogP contribution in [0.2, 0.25) is 0 Å². The number of thiophene rings is 1. The smallest absolute Gasteiger partial charge is 0.242 e. The summed E-state index contributed by atoms with van der Waals surface area (Å²) < 4.78 is 0. The molecule has 1 aromatic heterocycles. The van der Waals surface area contributed by atoms with Crippen LogP contribution in [0.15, 0.2) is 42.5 Å². The van der Waals surface area contributed by atoms with Crippen molar-refractivity contribution in [2.75, 3.05) is 13.1 Å². The van der Waals surface area contributed by atoms with E-state index in [2.05, 4.69) is 53.7 Å². The molecular weight excluding hydrogens is 392 g/mol. The molecule has 0 atom stereocenters. The number of carbonyl (C=O) groups excluding carboxylic acids is 2. The number of rotatable bonds is 9. The molecule has 2 aromatic rings. The highest BCUT2D eigenvalue weighted by molar-refractivity contribution is 7.11. The third-order valence-electron chi connectivity index (χ3n) is 4.66. The highest BCUT2D eigenvalue weighted by atomic mass is 32.1. The zero-order valence-corrected chi connectivity index (χ0v) is 20.1. The van der Waals surface area contributed by atoms with Crippen LogP contribution in [0.25, 0.3) is 0 Å². The third-order valence-corrected chi connectivity index (χ3v) is 5.64. The summed E-state index contributed by atoms with van der Waals surface area (Å²) in [5.41, 5.74) is 0.990. The average Bonchev–Trinajstić information content (AvgIpc) is 3.04. The Morgan fingerprint density at radius 2 is 1.60 bits per heavy atom. The number of aryl methyl sites for hydroxylation is 1. The van der Waals surface area contributed by atoms with Crippen LogP contribution in [-0.4, -0.2) is 34.7 Å². The lowest BCUT2D eigenvalue weighted by Crippen LogP contribution is -2.44. The minimum atomic E-state index is -0.104. The first-order valence-electron chi connectivity index (χ1n) is 10.7. The van der Waals surface area contributed by atoms with E-state index in [0.717, 1.165) is 10.4 Å². The van der Waals surface area contributed by atoms with Gasteiger partial charge >= 0.3 is 0 Å². The van der Waals surface area contributed by atoms with Gasteiger partial charge in [0.1, 0.15) is 0 Å². The van der Waals surface area contributed by atoms with E-state index in [1.807, 2.05) is 35.2 Å². The van der Waals surface area contributed by atoms with E-state index in [9.17, 15) is 9.59 Å². The number of hydrogen-bond donors (Lipinski definition) is 0. The van der Waals surface area contributed by atoms with E-state index in [1.54, 1.807) is 16.2 Å². The molecular formula is C25H36N2O2S. The molecule has 30 heavy (non-hydrogen) atoms. The Hall–Kier alpha value is -2.14. The van der Waals surface area contributed by atoms with Crippen molar-refractivity contribution in [3.8, 4) is 0 Å². The number of hydrogen-bond acceptors (Lipinski definition) is 3. The van der Waals surface area contributed by atoms with Crippen LogP contribution in [0.4, 0.5) is 0 Å². The van der Waals surface area contributed by atoms with Gasteiger partial charge in [-0.3, -0.25) is 9.59 Å². The van der Waals surface area contributed by atoms with Gasteiger partial charge in [0, 0.05) is 29.3 Å². The second-order valence-corrected chi connectivity index (χ2v) is 11.0. The molecule has 1 heterocycles. The first kappa shape index (κ1) is 24.1. The van der Waals surface area contributed by atoms with Crippen molar-refractivity contribution >= 4 is 23.2 Å². The van der Waals surface area contributed by atoms with Crippen LogP contribution in [-0.2, 0) is 22.7 Å². The van der Waals surface area contributed by atoms with Crippen LogP contribution in [0.1, 0.15) is 56.4 Å². The fourth-order valence-corrected chi connectivity index (χ4v) is 4.22. The molecule has 0 aliphatic rings. The predicted octanol–water partition coefficient (Wildman–Crippen LogP) is 5.51. The van der Waals surface area contributed by atoms with Gasteiger partial charge in [-0.1, -0.05) is 65.0 Å². The van der Waals surface area contributed by atoms with E-state index in [-0.39, 0.29) is 23.8 Å². The largest absolute Gasteiger partial charge is 0.333 e. The molecule has 4 nitrogen and oxygen atoms in total. The molecule has 1 aromatic carbocycles. The summed E-state index contributed by atoms with van der Waals surface area (Å²) in [5.74, 6) is 0.355. The average molecular weight is 429 g/mol. The molecule has 0 unspecified atom stereocenters. The summed E-state index contributed by atoms with van der Waals surface area (Å²) in [7, 11) is 0. The third kappa shape index (κ3) is 8.31. The number of carbonyl (C=O) groups is 2. The van der Waals surface area contributed by atoms with Crippen LogP contribution in [0.5, 0.6) is 0 Å². The molecule has 0 aliphatic heterocycles. The Bertz CT molecular complexity index is 821. The molecule has 0 saturated carbocycles. The maximum Gasteiger partial charge on any atom is 0.242 e. The maximum absolute atomic E-state index is 13.4. The van der Waals surface area contributed by atoms with Gasteiger partial charge in [-0.05, 0) is 36.0 Å². The Balaban J connectivity index is 2.19. The molecule has 0 aliphatic carbocycles. The summed E-state index contributed by atoms with van der Waals surface area (Å²) >= 11 is 1.71. The SMILES string of the molecule is Cc1ccc(CN(Cc2ccccc2)C(=O)CN(CC(C)C)C(=O)CC(C)(C)C)s1. The zero-order valence-electron chi connectivity index (χ0n) is 19.3. The van der Waals surface area contributed by atoms with Crippen LogP contribution < -0.4 is 0 Å². The molecule has 0 fully saturated rings. The molecule has 164 valence electrons. The summed E-state index contributed by atoms with van der Waals surface area (Å²) in [6, 6.07) is 14.2. The minimum Gasteiger partial charge on any atom is -0.333 e. The van der Waals surface area contributed by atoms with Crippen LogP contribution >= 0.6 is 11.3 Å². The Morgan fingerprint density at radius 1 is 0.933 bits per heavy atom. The number of benzene rings is 1. The van der Waals surface area contributed by atoms with Crippen LogP contribution in [0, 0.1) is 18.3 Å². The predicted molar refractivity (Wildman–Crippen MR) is 125 cm³/mol. The van der Waals surface area contributed by atoms with Gasteiger partial charge in [0.25, 0.3) is 0 Å². The highest BCUT2D eigenvalue weighted by Crippen LogP contribution is 2.22. The van der Waals surface area contributed by atoms with E-state index in [1.165, 1.54) is 4.88 Å². The summed E-state index contributed by atoms with van der Waals surface area (Å²) in [6.45, 7) is 14.2. The van der Waals surface area contributed by atoms with Gasteiger partial charge in [-0.2, -0.15) is 0 Å². The highest BCUT2D eigenvalue weighted by Gasteiger charge is 2.26. The van der Waals surface area contributed by atoms with Gasteiger partial charge in [-0.15, -0.1) is 11.3 Å². The van der Waals surface area contributed by atoms with E-state index >= 15 is 0 Å². The van der Waals surface area contributed by atoms with Crippen molar-refractivity contribution in [1.29, 1.82) is 0 Å². The van der Waals surface area contributed by atoms with Crippen molar-refractivity contribution in [3.05, 3.63) is 57.8 Å². The molecule has 0 N–H and O–H groups in total. The molecule has 2 amide bonds. The van der Waals surface area contributed by atoms with Crippen molar-refractivity contribution < 1.29 is 9.59 Å². The molecule has 2 rings (SSSR count). The lowest BCUT2D eigenvalue weighted by atomic mass is 9.91. The molecule has 0 radical (unpaired) electrons. The second-order valence-electron chi connectivity index (χ2n) is 9.65. The summed E-state index contributed by atoms with van der Waals surface area (Å²) in [5, 5.41) is 0. The minimum absolute atomic E-state index is 0.00665. The summed E-state index contributed by atoms with van der Waals surface area (Å²) in [6.07, 6.45) is 0.440.